The van der Waals surface area contributed by atoms with Crippen molar-refractivity contribution in [3.05, 3.63) is 29.8 Å². The molecule has 0 unspecified atom stereocenters. The molecule has 0 aliphatic carbocycles. The van der Waals surface area contributed by atoms with Crippen LogP contribution in [0.1, 0.15) is 38.7 Å². The van der Waals surface area contributed by atoms with E-state index in [-0.39, 0.29) is 35.4 Å². The van der Waals surface area contributed by atoms with E-state index in [0.717, 1.165) is 25.0 Å². The topological polar surface area (TPSA) is 78.7 Å². The lowest BCUT2D eigenvalue weighted by Crippen LogP contribution is -2.50. The van der Waals surface area contributed by atoms with Crippen LogP contribution in [0.3, 0.4) is 0 Å². The molecule has 2 amide bonds. The fourth-order valence-corrected chi connectivity index (χ4v) is 4.79. The minimum atomic E-state index is -4.45. The van der Waals surface area contributed by atoms with Gasteiger partial charge in [0.2, 0.25) is 11.8 Å². The number of amides is 2. The Labute approximate surface area is 187 Å². The molecule has 3 rings (SSSR count). The lowest BCUT2D eigenvalue weighted by Gasteiger charge is -2.38. The van der Waals surface area contributed by atoms with E-state index in [0.29, 0.717) is 32.0 Å². The number of halogens is 3. The first-order valence-electron chi connectivity index (χ1n) is 11.2. The molecule has 9 heteroatoms. The van der Waals surface area contributed by atoms with Crippen LogP contribution in [0.15, 0.2) is 24.3 Å². The average Bonchev–Trinajstić information content (AvgIpc) is 3.14. The van der Waals surface area contributed by atoms with Crippen LogP contribution in [0.25, 0.3) is 0 Å². The number of nitrogens with two attached hydrogens (primary N) is 1. The Morgan fingerprint density at radius 1 is 1.19 bits per heavy atom. The molecule has 2 aliphatic heterocycles. The van der Waals surface area contributed by atoms with Crippen LogP contribution in [-0.2, 0) is 15.8 Å². The van der Waals surface area contributed by atoms with Gasteiger partial charge in [-0.2, -0.15) is 13.2 Å². The Bertz CT molecular complexity index is 822. The van der Waals surface area contributed by atoms with Crippen molar-refractivity contribution in [1.82, 2.24) is 9.80 Å². The normalized spacial score (nSPS) is 24.1. The smallest absolute Gasteiger partial charge is 0.341 e. The Balaban J connectivity index is 1.55. The summed E-state index contributed by atoms with van der Waals surface area (Å²) in [6.07, 6.45) is -2.08. The van der Waals surface area contributed by atoms with E-state index in [2.05, 4.69) is 10.2 Å². The second-order valence-electron chi connectivity index (χ2n) is 9.44. The van der Waals surface area contributed by atoms with Crippen molar-refractivity contribution in [3.63, 3.8) is 0 Å². The highest BCUT2D eigenvalue weighted by molar-refractivity contribution is 5.93. The van der Waals surface area contributed by atoms with E-state index in [1.165, 1.54) is 12.1 Å². The van der Waals surface area contributed by atoms with E-state index in [4.69, 9.17) is 5.73 Å². The maximum absolute atomic E-state index is 12.9. The number of hydrogen-bond acceptors (Lipinski definition) is 4. The molecular formula is C23H33F3N4O2. The van der Waals surface area contributed by atoms with Crippen molar-refractivity contribution >= 4 is 17.5 Å². The van der Waals surface area contributed by atoms with Gasteiger partial charge in [0.15, 0.2) is 0 Å². The molecule has 0 spiro atoms. The molecule has 0 aromatic heterocycles. The van der Waals surface area contributed by atoms with E-state index >= 15 is 0 Å². The standard InChI is InChI=1S/C23H33F3N4O2/c1-14(2)20(27)22(32)30-9-7-15(8-10-30)19-11-16(13-29(19)3)21(31)28-18-6-4-5-17(12-18)23(24,25)26/h4-6,12,14-16,19-20H,7-11,13,27H2,1-3H3,(H,28,31)/t16-,19-,20+/m1/s1. The molecule has 2 aliphatic rings. The molecule has 0 saturated carbocycles. The van der Waals surface area contributed by atoms with Gasteiger partial charge in [-0.1, -0.05) is 19.9 Å². The first-order chi connectivity index (χ1) is 15.0. The number of piperidine rings is 1. The Morgan fingerprint density at radius 2 is 1.84 bits per heavy atom. The molecule has 0 bridgehead atoms. The number of anilines is 1. The first-order valence-corrected chi connectivity index (χ1v) is 11.2. The summed E-state index contributed by atoms with van der Waals surface area (Å²) in [5.41, 5.74) is 5.39. The van der Waals surface area contributed by atoms with Crippen molar-refractivity contribution in [3.8, 4) is 0 Å². The summed E-state index contributed by atoms with van der Waals surface area (Å²) in [5.74, 6) is -0.0812. The van der Waals surface area contributed by atoms with Gasteiger partial charge >= 0.3 is 6.18 Å². The van der Waals surface area contributed by atoms with E-state index in [1.54, 1.807) is 0 Å². The van der Waals surface area contributed by atoms with E-state index in [1.807, 2.05) is 25.8 Å². The summed E-state index contributed by atoms with van der Waals surface area (Å²) < 4.78 is 38.8. The third kappa shape index (κ3) is 5.61. The largest absolute Gasteiger partial charge is 0.416 e. The van der Waals surface area contributed by atoms with Crippen molar-refractivity contribution in [2.75, 3.05) is 32.0 Å². The van der Waals surface area contributed by atoms with Gasteiger partial charge in [0.1, 0.15) is 0 Å². The quantitative estimate of drug-likeness (QED) is 0.716. The average molecular weight is 455 g/mol. The highest BCUT2D eigenvalue weighted by Gasteiger charge is 2.40. The number of nitrogens with one attached hydrogen (secondary N) is 1. The van der Waals surface area contributed by atoms with Crippen LogP contribution >= 0.6 is 0 Å². The molecule has 3 atom stereocenters. The van der Waals surface area contributed by atoms with Gasteiger partial charge in [-0.3, -0.25) is 9.59 Å². The zero-order valence-corrected chi connectivity index (χ0v) is 18.9. The fourth-order valence-electron chi connectivity index (χ4n) is 4.79. The molecule has 3 N–H and O–H groups in total. The Kier molecular flexibility index (Phi) is 7.50. The lowest BCUT2D eigenvalue weighted by atomic mass is 9.86. The van der Waals surface area contributed by atoms with Crippen LogP contribution in [-0.4, -0.2) is 60.4 Å². The molecule has 1 aromatic rings. The van der Waals surface area contributed by atoms with Crippen LogP contribution in [0.4, 0.5) is 18.9 Å². The molecule has 6 nitrogen and oxygen atoms in total. The first kappa shape index (κ1) is 24.5. The molecule has 2 heterocycles. The Hall–Kier alpha value is -2.13. The number of rotatable bonds is 5. The number of carbonyl (C=O) groups is 2. The van der Waals surface area contributed by atoms with Crippen LogP contribution < -0.4 is 11.1 Å². The second kappa shape index (κ2) is 9.79. The highest BCUT2D eigenvalue weighted by atomic mass is 19.4. The third-order valence-electron chi connectivity index (χ3n) is 6.83. The summed E-state index contributed by atoms with van der Waals surface area (Å²) in [7, 11) is 1.98. The predicted molar refractivity (Wildman–Crippen MR) is 117 cm³/mol. The van der Waals surface area contributed by atoms with Crippen molar-refractivity contribution in [2.24, 2.45) is 23.5 Å². The van der Waals surface area contributed by atoms with Crippen molar-refractivity contribution in [2.45, 2.75) is 51.4 Å². The van der Waals surface area contributed by atoms with Crippen molar-refractivity contribution < 1.29 is 22.8 Å². The van der Waals surface area contributed by atoms with Gasteiger partial charge in [0, 0.05) is 31.4 Å². The second-order valence-corrected chi connectivity index (χ2v) is 9.44. The third-order valence-corrected chi connectivity index (χ3v) is 6.83. The zero-order valence-electron chi connectivity index (χ0n) is 18.9. The minimum absolute atomic E-state index is 0.00318. The van der Waals surface area contributed by atoms with Crippen LogP contribution in [0.2, 0.25) is 0 Å². The van der Waals surface area contributed by atoms with Crippen molar-refractivity contribution in [1.29, 1.82) is 0 Å². The summed E-state index contributed by atoms with van der Waals surface area (Å²) >= 11 is 0. The fraction of sp³-hybridized carbons (Fsp3) is 0.652. The van der Waals surface area contributed by atoms with Gasteiger partial charge < -0.3 is 20.9 Å². The molecule has 32 heavy (non-hydrogen) atoms. The van der Waals surface area contributed by atoms with Gasteiger partial charge in [-0.25, -0.2) is 0 Å². The maximum atomic E-state index is 12.9. The number of benzene rings is 1. The van der Waals surface area contributed by atoms with Gasteiger partial charge in [-0.15, -0.1) is 0 Å². The van der Waals surface area contributed by atoms with Gasteiger partial charge in [0.05, 0.1) is 17.5 Å². The number of likely N-dealkylation sites (tertiary alicyclic amines) is 2. The highest BCUT2D eigenvalue weighted by Crippen LogP contribution is 2.34. The summed E-state index contributed by atoms with van der Waals surface area (Å²) in [6, 6.07) is 4.44. The maximum Gasteiger partial charge on any atom is 0.416 e. The predicted octanol–water partition coefficient (Wildman–Crippen LogP) is 3.19. The zero-order chi connectivity index (χ0) is 23.6. The summed E-state index contributed by atoms with van der Waals surface area (Å²) in [6.45, 7) is 5.76. The molecule has 1 aromatic carbocycles. The number of hydrogen-bond donors (Lipinski definition) is 2. The monoisotopic (exact) mass is 454 g/mol. The van der Waals surface area contributed by atoms with Crippen LogP contribution in [0, 0.1) is 17.8 Å². The van der Waals surface area contributed by atoms with E-state index < -0.39 is 17.8 Å². The number of alkyl halides is 3. The minimum Gasteiger partial charge on any atom is -0.341 e. The Morgan fingerprint density at radius 3 is 2.44 bits per heavy atom. The SMILES string of the molecule is CC(C)[C@H](N)C(=O)N1CCC([C@H]2C[C@@H](C(=O)Nc3cccc(C(F)(F)F)c3)CN2C)CC1. The number of carbonyl (C=O) groups excluding carboxylic acids is 2. The lowest BCUT2D eigenvalue weighted by molar-refractivity contribution is -0.137. The molecular weight excluding hydrogens is 421 g/mol. The molecule has 0 radical (unpaired) electrons. The molecule has 2 saturated heterocycles. The molecule has 178 valence electrons. The number of nitrogens with zero attached hydrogens (tertiary/aromatic N) is 2. The van der Waals surface area contributed by atoms with Gasteiger partial charge in [-0.05, 0) is 56.3 Å². The summed E-state index contributed by atoms with van der Waals surface area (Å²) in [4.78, 5) is 29.3. The van der Waals surface area contributed by atoms with Gasteiger partial charge in [0.25, 0.3) is 0 Å². The van der Waals surface area contributed by atoms with E-state index in [9.17, 15) is 22.8 Å². The summed E-state index contributed by atoms with van der Waals surface area (Å²) in [5, 5.41) is 2.65. The van der Waals surface area contributed by atoms with Crippen LogP contribution in [0.5, 0.6) is 0 Å². The molecule has 2 fully saturated rings.